The van der Waals surface area contributed by atoms with Crippen LogP contribution in [0.4, 0.5) is 0 Å². The number of nitrogens with one attached hydrogen (secondary N) is 1. The minimum absolute atomic E-state index is 0.187. The van der Waals surface area contributed by atoms with Gasteiger partial charge in [-0.3, -0.25) is 4.79 Å². The van der Waals surface area contributed by atoms with E-state index in [4.69, 9.17) is 11.6 Å². The average molecular weight is 177 g/mol. The molecule has 0 aliphatic carbocycles. The standard InChI is InChI=1S/C5H5ClN2OS/c1-7-5(9)3-4(6)8-2-10-3/h2H,1H3,(H,7,9). The second-order valence-electron chi connectivity index (χ2n) is 1.55. The Balaban J connectivity index is 2.93. The molecule has 0 fully saturated rings. The fraction of sp³-hybridized carbons (Fsp3) is 0.200. The van der Waals surface area contributed by atoms with Crippen LogP contribution in [0.1, 0.15) is 9.67 Å². The SMILES string of the molecule is CNC(=O)c1scnc1Cl. The molecule has 1 aromatic heterocycles. The fourth-order valence-corrected chi connectivity index (χ4v) is 1.44. The third kappa shape index (κ3) is 1.27. The Morgan fingerprint density at radius 3 is 3.00 bits per heavy atom. The molecular weight excluding hydrogens is 172 g/mol. The van der Waals surface area contributed by atoms with Crippen LogP contribution in [-0.2, 0) is 0 Å². The van der Waals surface area contributed by atoms with Gasteiger partial charge in [0.2, 0.25) is 0 Å². The van der Waals surface area contributed by atoms with Crippen molar-refractivity contribution in [3.05, 3.63) is 15.5 Å². The summed E-state index contributed by atoms with van der Waals surface area (Å²) >= 11 is 6.78. The Morgan fingerprint density at radius 1 is 1.90 bits per heavy atom. The summed E-state index contributed by atoms with van der Waals surface area (Å²) in [7, 11) is 1.55. The molecule has 0 bridgehead atoms. The minimum Gasteiger partial charge on any atom is -0.354 e. The molecule has 1 heterocycles. The van der Waals surface area contributed by atoms with Crippen LogP contribution in [0.15, 0.2) is 5.51 Å². The first kappa shape index (κ1) is 7.50. The van der Waals surface area contributed by atoms with Crippen molar-refractivity contribution < 1.29 is 4.79 Å². The van der Waals surface area contributed by atoms with Gasteiger partial charge in [-0.15, -0.1) is 11.3 Å². The highest BCUT2D eigenvalue weighted by atomic mass is 35.5. The summed E-state index contributed by atoms with van der Waals surface area (Å²) in [4.78, 5) is 15.0. The maximum absolute atomic E-state index is 10.9. The van der Waals surface area contributed by atoms with Crippen molar-refractivity contribution in [1.29, 1.82) is 0 Å². The average Bonchev–Trinajstić information content (AvgIpc) is 2.34. The molecule has 5 heteroatoms. The van der Waals surface area contributed by atoms with Crippen molar-refractivity contribution in [2.75, 3.05) is 7.05 Å². The molecule has 0 unspecified atom stereocenters. The zero-order valence-corrected chi connectivity index (χ0v) is 6.79. The molecule has 1 aromatic rings. The monoisotopic (exact) mass is 176 g/mol. The van der Waals surface area contributed by atoms with Crippen LogP contribution in [0, 0.1) is 0 Å². The van der Waals surface area contributed by atoms with E-state index in [0.717, 1.165) is 0 Å². The van der Waals surface area contributed by atoms with E-state index in [-0.39, 0.29) is 11.1 Å². The first-order chi connectivity index (χ1) is 4.75. The van der Waals surface area contributed by atoms with E-state index in [1.807, 2.05) is 0 Å². The van der Waals surface area contributed by atoms with E-state index in [1.165, 1.54) is 16.8 Å². The van der Waals surface area contributed by atoms with Crippen molar-refractivity contribution in [3.63, 3.8) is 0 Å². The highest BCUT2D eigenvalue weighted by Gasteiger charge is 2.09. The van der Waals surface area contributed by atoms with Crippen molar-refractivity contribution >= 4 is 28.8 Å². The van der Waals surface area contributed by atoms with E-state index < -0.39 is 0 Å². The van der Waals surface area contributed by atoms with Crippen LogP contribution in [0.25, 0.3) is 0 Å². The molecule has 1 amide bonds. The van der Waals surface area contributed by atoms with Crippen LogP contribution in [0.5, 0.6) is 0 Å². The molecule has 10 heavy (non-hydrogen) atoms. The van der Waals surface area contributed by atoms with E-state index in [2.05, 4.69) is 10.3 Å². The largest absolute Gasteiger partial charge is 0.354 e. The maximum atomic E-state index is 10.9. The van der Waals surface area contributed by atoms with Gasteiger partial charge in [0.15, 0.2) is 5.15 Å². The second-order valence-corrected chi connectivity index (χ2v) is 2.76. The second kappa shape index (κ2) is 2.98. The molecule has 54 valence electrons. The highest BCUT2D eigenvalue weighted by Crippen LogP contribution is 2.17. The minimum atomic E-state index is -0.187. The normalized spacial score (nSPS) is 9.40. The van der Waals surface area contributed by atoms with Gasteiger partial charge in [-0.05, 0) is 0 Å². The number of carbonyl (C=O) groups is 1. The van der Waals surface area contributed by atoms with Gasteiger partial charge in [-0.1, -0.05) is 11.6 Å². The molecule has 1 N–H and O–H groups in total. The van der Waals surface area contributed by atoms with E-state index in [1.54, 1.807) is 7.05 Å². The van der Waals surface area contributed by atoms with Gasteiger partial charge >= 0.3 is 0 Å². The smallest absolute Gasteiger partial charge is 0.264 e. The van der Waals surface area contributed by atoms with Crippen LogP contribution >= 0.6 is 22.9 Å². The molecule has 0 aromatic carbocycles. The Hall–Kier alpha value is -0.610. The lowest BCUT2D eigenvalue weighted by atomic mass is 10.5. The summed E-state index contributed by atoms with van der Waals surface area (Å²) in [5, 5.41) is 2.72. The molecule has 0 radical (unpaired) electrons. The lowest BCUT2D eigenvalue weighted by molar-refractivity contribution is 0.0967. The van der Waals surface area contributed by atoms with Crippen LogP contribution in [0.3, 0.4) is 0 Å². The summed E-state index contributed by atoms with van der Waals surface area (Å²) < 4.78 is 0. The molecule has 0 spiro atoms. The number of hydrogen-bond acceptors (Lipinski definition) is 3. The summed E-state index contributed by atoms with van der Waals surface area (Å²) in [6, 6.07) is 0. The van der Waals surface area contributed by atoms with E-state index in [0.29, 0.717) is 4.88 Å². The van der Waals surface area contributed by atoms with Crippen molar-refractivity contribution in [3.8, 4) is 0 Å². The molecule has 0 aliphatic rings. The van der Waals surface area contributed by atoms with E-state index >= 15 is 0 Å². The molecule has 0 atom stereocenters. The predicted octanol–water partition coefficient (Wildman–Crippen LogP) is 1.16. The molecular formula is C5H5ClN2OS. The lowest BCUT2D eigenvalue weighted by Gasteiger charge is -1.92. The van der Waals surface area contributed by atoms with Crippen LogP contribution < -0.4 is 5.32 Å². The number of aromatic nitrogens is 1. The highest BCUT2D eigenvalue weighted by molar-refractivity contribution is 7.12. The number of carbonyl (C=O) groups excluding carboxylic acids is 1. The maximum Gasteiger partial charge on any atom is 0.264 e. The number of halogens is 1. The quantitative estimate of drug-likeness (QED) is 0.698. The zero-order chi connectivity index (χ0) is 7.56. The first-order valence-electron chi connectivity index (χ1n) is 2.56. The molecule has 0 saturated heterocycles. The summed E-state index contributed by atoms with van der Waals surface area (Å²) in [5.41, 5.74) is 1.53. The van der Waals surface area contributed by atoms with Gasteiger partial charge in [0.05, 0.1) is 5.51 Å². The number of hydrogen-bond donors (Lipinski definition) is 1. The fourth-order valence-electron chi connectivity index (χ4n) is 0.493. The first-order valence-corrected chi connectivity index (χ1v) is 3.82. The van der Waals surface area contributed by atoms with Gasteiger partial charge in [0.1, 0.15) is 4.88 Å². The molecule has 1 rings (SSSR count). The van der Waals surface area contributed by atoms with Gasteiger partial charge in [-0.25, -0.2) is 4.98 Å². The number of nitrogens with zero attached hydrogens (tertiary/aromatic N) is 1. The predicted molar refractivity (Wildman–Crippen MR) is 40.5 cm³/mol. The van der Waals surface area contributed by atoms with Gasteiger partial charge < -0.3 is 5.32 Å². The summed E-state index contributed by atoms with van der Waals surface area (Å²) in [6.45, 7) is 0. The number of amides is 1. The van der Waals surface area contributed by atoms with Gasteiger partial charge in [0.25, 0.3) is 5.91 Å². The third-order valence-corrected chi connectivity index (χ3v) is 2.18. The molecule has 3 nitrogen and oxygen atoms in total. The lowest BCUT2D eigenvalue weighted by Crippen LogP contribution is -2.16. The van der Waals surface area contributed by atoms with Crippen molar-refractivity contribution in [2.45, 2.75) is 0 Å². The van der Waals surface area contributed by atoms with E-state index in [9.17, 15) is 4.79 Å². The van der Waals surface area contributed by atoms with Crippen molar-refractivity contribution in [2.24, 2.45) is 0 Å². The number of thiazole rings is 1. The summed E-state index contributed by atoms with van der Waals surface area (Å²) in [6.07, 6.45) is 0. The Bertz CT molecular complexity index is 248. The zero-order valence-electron chi connectivity index (χ0n) is 5.22. The third-order valence-electron chi connectivity index (χ3n) is 0.957. The van der Waals surface area contributed by atoms with Crippen LogP contribution in [-0.4, -0.2) is 17.9 Å². The Labute approximate surface area is 67.0 Å². The van der Waals surface area contributed by atoms with Gasteiger partial charge in [-0.2, -0.15) is 0 Å². The van der Waals surface area contributed by atoms with Gasteiger partial charge in [0, 0.05) is 7.05 Å². The molecule has 0 aliphatic heterocycles. The number of rotatable bonds is 1. The van der Waals surface area contributed by atoms with Crippen LogP contribution in [0.2, 0.25) is 5.15 Å². The summed E-state index contributed by atoms with van der Waals surface area (Å²) in [5.74, 6) is -0.187. The Morgan fingerprint density at radius 2 is 2.60 bits per heavy atom. The van der Waals surface area contributed by atoms with Crippen molar-refractivity contribution in [1.82, 2.24) is 10.3 Å². The topological polar surface area (TPSA) is 42.0 Å². The Kier molecular flexibility index (Phi) is 2.24. The molecule has 0 saturated carbocycles.